The molecule has 0 fully saturated rings. The molecule has 0 radical (unpaired) electrons. The molecule has 1 amide bonds. The van der Waals surface area contributed by atoms with Gasteiger partial charge in [0.05, 0.1) is 10.7 Å². The number of rotatable bonds is 6. The molecule has 0 bridgehead atoms. The molecule has 116 valence electrons. The van der Waals surface area contributed by atoms with Crippen molar-refractivity contribution in [3.8, 4) is 0 Å². The molecule has 2 N–H and O–H groups in total. The number of primary amides is 1. The average Bonchev–Trinajstić information content (AvgIpc) is 2.48. The van der Waals surface area contributed by atoms with E-state index in [0.717, 1.165) is 4.31 Å². The second kappa shape index (κ2) is 6.81. The maximum Gasteiger partial charge on any atom is 0.265 e. The number of carbonyl (C=O) groups is 1. The summed E-state index contributed by atoms with van der Waals surface area (Å²) < 4.78 is 26.8. The van der Waals surface area contributed by atoms with Crippen molar-refractivity contribution in [1.29, 1.82) is 0 Å². The van der Waals surface area contributed by atoms with Crippen molar-refractivity contribution in [3.63, 3.8) is 0 Å². The van der Waals surface area contributed by atoms with Gasteiger partial charge in [0.1, 0.15) is 4.90 Å². The molecule has 0 aliphatic rings. The maximum atomic E-state index is 12.9. The smallest absolute Gasteiger partial charge is 0.265 e. The molecule has 2 aromatic rings. The van der Waals surface area contributed by atoms with Crippen molar-refractivity contribution in [2.75, 3.05) is 10.8 Å². The van der Waals surface area contributed by atoms with Crippen molar-refractivity contribution < 1.29 is 13.2 Å². The lowest BCUT2D eigenvalue weighted by Crippen LogP contribution is -2.34. The van der Waals surface area contributed by atoms with E-state index < -0.39 is 15.9 Å². The van der Waals surface area contributed by atoms with E-state index in [2.05, 4.69) is 0 Å². The number of nitrogens with zero attached hydrogens (tertiary/aromatic N) is 1. The molecule has 0 spiro atoms. The molecule has 0 aliphatic carbocycles. The highest BCUT2D eigenvalue weighted by Gasteiger charge is 2.27. The predicted molar refractivity (Wildman–Crippen MR) is 86.2 cm³/mol. The molecular formula is C15H15ClN2O3S. The summed E-state index contributed by atoms with van der Waals surface area (Å²) in [4.78, 5) is 11.0. The summed E-state index contributed by atoms with van der Waals surface area (Å²) in [6.07, 6.45) is -0.0847. The highest BCUT2D eigenvalue weighted by molar-refractivity contribution is 7.93. The third-order valence-electron chi connectivity index (χ3n) is 3.01. The quantitative estimate of drug-likeness (QED) is 0.878. The van der Waals surface area contributed by atoms with Crippen LogP contribution in [0.2, 0.25) is 5.02 Å². The minimum Gasteiger partial charge on any atom is -0.370 e. The Hall–Kier alpha value is -2.05. The topological polar surface area (TPSA) is 80.5 Å². The molecular weight excluding hydrogens is 324 g/mol. The van der Waals surface area contributed by atoms with E-state index >= 15 is 0 Å². The largest absolute Gasteiger partial charge is 0.370 e. The van der Waals surface area contributed by atoms with Gasteiger partial charge in [0.25, 0.3) is 10.0 Å². The lowest BCUT2D eigenvalue weighted by atomic mass is 10.3. The first-order valence-electron chi connectivity index (χ1n) is 6.53. The van der Waals surface area contributed by atoms with Crippen LogP contribution in [0.1, 0.15) is 6.42 Å². The Morgan fingerprint density at radius 2 is 1.64 bits per heavy atom. The van der Waals surface area contributed by atoms with Crippen LogP contribution in [0.4, 0.5) is 5.69 Å². The maximum absolute atomic E-state index is 12.9. The summed E-state index contributed by atoms with van der Waals surface area (Å²) in [5, 5.41) is 0.127. The Labute approximate surface area is 134 Å². The molecule has 0 saturated carbocycles. The average molecular weight is 339 g/mol. The summed E-state index contributed by atoms with van der Waals surface area (Å²) in [6, 6.07) is 14.7. The molecule has 0 atom stereocenters. The number of benzene rings is 2. The highest BCUT2D eigenvalue weighted by Crippen LogP contribution is 2.28. The third kappa shape index (κ3) is 3.58. The Morgan fingerprint density at radius 1 is 1.05 bits per heavy atom. The molecule has 7 heteroatoms. The van der Waals surface area contributed by atoms with Crippen LogP contribution in [0.3, 0.4) is 0 Å². The fourth-order valence-corrected chi connectivity index (χ4v) is 3.93. The van der Waals surface area contributed by atoms with Crippen LogP contribution in [0.5, 0.6) is 0 Å². The van der Waals surface area contributed by atoms with Gasteiger partial charge in [0.2, 0.25) is 5.91 Å². The molecule has 2 rings (SSSR count). The van der Waals surface area contributed by atoms with Crippen molar-refractivity contribution in [2.24, 2.45) is 5.73 Å². The van der Waals surface area contributed by atoms with Gasteiger partial charge >= 0.3 is 0 Å². The zero-order valence-electron chi connectivity index (χ0n) is 11.6. The minimum atomic E-state index is -3.89. The molecule has 2 aromatic carbocycles. The van der Waals surface area contributed by atoms with Crippen molar-refractivity contribution in [2.45, 2.75) is 11.3 Å². The van der Waals surface area contributed by atoms with Gasteiger partial charge in [-0.2, -0.15) is 0 Å². The van der Waals surface area contributed by atoms with Crippen LogP contribution >= 0.6 is 11.6 Å². The van der Waals surface area contributed by atoms with Crippen LogP contribution in [0.25, 0.3) is 0 Å². The SMILES string of the molecule is NC(=O)CCN(c1ccccc1)S(=O)(=O)c1ccccc1Cl. The summed E-state index contributed by atoms with van der Waals surface area (Å²) in [6.45, 7) is -0.0487. The van der Waals surface area contributed by atoms with Gasteiger partial charge in [-0.3, -0.25) is 9.10 Å². The van der Waals surface area contributed by atoms with Crippen LogP contribution in [0.15, 0.2) is 59.5 Å². The second-order valence-corrected chi connectivity index (χ2v) is 6.80. The van der Waals surface area contributed by atoms with E-state index in [1.807, 2.05) is 0 Å². The number of hydrogen-bond acceptors (Lipinski definition) is 3. The van der Waals surface area contributed by atoms with Crippen molar-refractivity contribution >= 4 is 33.2 Å². The van der Waals surface area contributed by atoms with E-state index in [0.29, 0.717) is 5.69 Å². The lowest BCUT2D eigenvalue weighted by molar-refractivity contribution is -0.117. The molecule has 0 heterocycles. The summed E-state index contributed by atoms with van der Waals surface area (Å²) >= 11 is 6.01. The third-order valence-corrected chi connectivity index (χ3v) is 5.34. The fourth-order valence-electron chi connectivity index (χ4n) is 1.97. The van der Waals surface area contributed by atoms with Crippen LogP contribution < -0.4 is 10.0 Å². The molecule has 0 aromatic heterocycles. The highest BCUT2D eigenvalue weighted by atomic mass is 35.5. The predicted octanol–water partition coefficient (Wildman–Crippen LogP) is 2.41. The van der Waals surface area contributed by atoms with Crippen LogP contribution in [-0.4, -0.2) is 20.9 Å². The van der Waals surface area contributed by atoms with E-state index in [4.69, 9.17) is 17.3 Å². The van der Waals surface area contributed by atoms with Gasteiger partial charge < -0.3 is 5.73 Å². The van der Waals surface area contributed by atoms with Crippen LogP contribution in [-0.2, 0) is 14.8 Å². The Kier molecular flexibility index (Phi) is 5.05. The van der Waals surface area contributed by atoms with Gasteiger partial charge in [0.15, 0.2) is 0 Å². The van der Waals surface area contributed by atoms with Gasteiger partial charge in [0, 0.05) is 13.0 Å². The Morgan fingerprint density at radius 3 is 2.23 bits per heavy atom. The van der Waals surface area contributed by atoms with E-state index in [9.17, 15) is 13.2 Å². The van der Waals surface area contributed by atoms with E-state index in [1.165, 1.54) is 12.1 Å². The number of para-hydroxylation sites is 1. The molecule has 22 heavy (non-hydrogen) atoms. The number of halogens is 1. The van der Waals surface area contributed by atoms with Crippen molar-refractivity contribution in [1.82, 2.24) is 0 Å². The first-order chi connectivity index (χ1) is 10.4. The van der Waals surface area contributed by atoms with Gasteiger partial charge in [-0.1, -0.05) is 41.9 Å². The number of nitrogens with two attached hydrogens (primary N) is 1. The lowest BCUT2D eigenvalue weighted by Gasteiger charge is -2.24. The standard InChI is InChI=1S/C15H15ClN2O3S/c16-13-8-4-5-9-14(13)22(20,21)18(11-10-15(17)19)12-6-2-1-3-7-12/h1-9H,10-11H2,(H2,17,19). The molecule has 0 unspecified atom stereocenters. The number of amides is 1. The molecule has 5 nitrogen and oxygen atoms in total. The number of carbonyl (C=O) groups excluding carboxylic acids is 1. The van der Waals surface area contributed by atoms with E-state index in [-0.39, 0.29) is 22.9 Å². The fraction of sp³-hybridized carbons (Fsp3) is 0.133. The van der Waals surface area contributed by atoms with Crippen molar-refractivity contribution in [3.05, 3.63) is 59.6 Å². The minimum absolute atomic E-state index is 0.00927. The normalized spacial score (nSPS) is 11.1. The summed E-state index contributed by atoms with van der Waals surface area (Å²) in [7, 11) is -3.89. The first-order valence-corrected chi connectivity index (χ1v) is 8.35. The monoisotopic (exact) mass is 338 g/mol. The first kappa shape index (κ1) is 16.3. The van der Waals surface area contributed by atoms with Gasteiger partial charge in [-0.15, -0.1) is 0 Å². The number of hydrogen-bond donors (Lipinski definition) is 1. The molecule has 0 saturated heterocycles. The van der Waals surface area contributed by atoms with Crippen LogP contribution in [0, 0.1) is 0 Å². The zero-order chi connectivity index (χ0) is 16.2. The summed E-state index contributed by atoms with van der Waals surface area (Å²) in [5.41, 5.74) is 5.59. The molecule has 0 aliphatic heterocycles. The number of sulfonamides is 1. The summed E-state index contributed by atoms with van der Waals surface area (Å²) in [5.74, 6) is -0.574. The van der Waals surface area contributed by atoms with Gasteiger partial charge in [-0.25, -0.2) is 8.42 Å². The Bertz CT molecular complexity index is 763. The van der Waals surface area contributed by atoms with E-state index in [1.54, 1.807) is 42.5 Å². The second-order valence-electron chi connectivity index (χ2n) is 4.56. The van der Waals surface area contributed by atoms with Gasteiger partial charge in [-0.05, 0) is 24.3 Å². The Balaban J connectivity index is 2.48. The zero-order valence-corrected chi connectivity index (χ0v) is 13.2. The number of anilines is 1.